The van der Waals surface area contributed by atoms with Gasteiger partial charge in [-0.15, -0.1) is 23.7 Å². The molecule has 114 valence electrons. The number of carbonyl (C=O) groups is 1. The number of thiazole rings is 1. The first-order valence-corrected chi connectivity index (χ1v) is 7.59. The molecule has 2 aromatic rings. The van der Waals surface area contributed by atoms with Gasteiger partial charge in [0.1, 0.15) is 0 Å². The maximum atomic E-state index is 12.7. The van der Waals surface area contributed by atoms with Crippen LogP contribution in [0.1, 0.15) is 34.4 Å². The molecule has 1 amide bonds. The van der Waals surface area contributed by atoms with Crippen LogP contribution in [0.15, 0.2) is 5.38 Å². The zero-order chi connectivity index (χ0) is 14.1. The number of aryl methyl sites for hydroxylation is 1. The minimum atomic E-state index is -0.0805. The number of carbonyl (C=O) groups excluding carboxylic acids is 1. The number of nitrogens with one attached hydrogen (secondary N) is 2. The van der Waals surface area contributed by atoms with Crippen molar-refractivity contribution in [3.63, 3.8) is 0 Å². The number of aromatic nitrogens is 3. The Balaban J connectivity index is 0.00000161. The molecule has 0 unspecified atom stereocenters. The molecule has 3 heterocycles. The third-order valence-electron chi connectivity index (χ3n) is 3.41. The lowest BCUT2D eigenvalue weighted by Gasteiger charge is -2.18. The van der Waals surface area contributed by atoms with Crippen molar-refractivity contribution in [1.82, 2.24) is 20.5 Å². The van der Waals surface area contributed by atoms with Gasteiger partial charge in [0.25, 0.3) is 5.91 Å². The summed E-state index contributed by atoms with van der Waals surface area (Å²) in [5, 5.41) is 13.2. The van der Waals surface area contributed by atoms with Gasteiger partial charge >= 0.3 is 0 Å². The number of hydrogen-bond donors (Lipinski definition) is 2. The lowest BCUT2D eigenvalue weighted by molar-refractivity contribution is 0.0982. The fourth-order valence-corrected chi connectivity index (χ4v) is 3.23. The summed E-state index contributed by atoms with van der Waals surface area (Å²) in [7, 11) is 0. The van der Waals surface area contributed by atoms with E-state index in [0.29, 0.717) is 18.8 Å². The molecule has 8 heteroatoms. The van der Waals surface area contributed by atoms with Gasteiger partial charge in [0.05, 0.1) is 5.69 Å². The van der Waals surface area contributed by atoms with E-state index in [2.05, 4.69) is 20.5 Å². The molecule has 0 saturated heterocycles. The van der Waals surface area contributed by atoms with Crippen LogP contribution in [0, 0.1) is 6.92 Å². The molecule has 1 aliphatic heterocycles. The summed E-state index contributed by atoms with van der Waals surface area (Å²) >= 11 is 1.49. The number of halogens is 1. The van der Waals surface area contributed by atoms with E-state index in [1.165, 1.54) is 11.3 Å². The van der Waals surface area contributed by atoms with E-state index >= 15 is 0 Å². The van der Waals surface area contributed by atoms with Gasteiger partial charge in [0, 0.05) is 42.7 Å². The van der Waals surface area contributed by atoms with Crippen molar-refractivity contribution in [2.75, 3.05) is 18.0 Å². The number of fused-ring (bicyclic) bond motifs is 1. The molecule has 0 spiro atoms. The van der Waals surface area contributed by atoms with Crippen LogP contribution in [0.4, 0.5) is 5.13 Å². The van der Waals surface area contributed by atoms with E-state index in [1.807, 2.05) is 19.2 Å². The lowest BCUT2D eigenvalue weighted by Crippen LogP contribution is -2.33. The fraction of sp³-hybridized carbons (Fsp3) is 0.462. The summed E-state index contributed by atoms with van der Waals surface area (Å²) in [5.41, 5.74) is 3.51. The highest BCUT2D eigenvalue weighted by molar-refractivity contribution is 7.14. The first-order valence-electron chi connectivity index (χ1n) is 6.71. The van der Waals surface area contributed by atoms with Gasteiger partial charge in [-0.1, -0.05) is 0 Å². The monoisotopic (exact) mass is 327 g/mol. The Hall–Kier alpha value is -1.44. The first-order chi connectivity index (χ1) is 9.70. The van der Waals surface area contributed by atoms with Crippen LogP contribution in [0.2, 0.25) is 0 Å². The Bertz CT molecular complexity index is 638. The molecular weight excluding hydrogens is 310 g/mol. The molecule has 0 aliphatic carbocycles. The van der Waals surface area contributed by atoms with Crippen molar-refractivity contribution in [1.29, 1.82) is 0 Å². The standard InChI is InChI=1S/C13H17N5OS.ClH/c1-3-18(13-15-8(2)7-20-13)12(19)11-9-6-14-5-4-10(9)16-17-11;/h7,14H,3-6H2,1-2H3,(H,16,17);1H. The summed E-state index contributed by atoms with van der Waals surface area (Å²) in [4.78, 5) is 18.8. The molecule has 2 aromatic heterocycles. The number of nitrogens with zero attached hydrogens (tertiary/aromatic N) is 3. The van der Waals surface area contributed by atoms with Crippen LogP contribution in [-0.4, -0.2) is 34.2 Å². The molecule has 0 radical (unpaired) electrons. The Kier molecular flexibility index (Phi) is 4.97. The zero-order valence-corrected chi connectivity index (χ0v) is 13.6. The molecule has 0 saturated carbocycles. The summed E-state index contributed by atoms with van der Waals surface area (Å²) in [6.07, 6.45) is 0.887. The minimum Gasteiger partial charge on any atom is -0.312 e. The van der Waals surface area contributed by atoms with Crippen molar-refractivity contribution in [3.05, 3.63) is 28.0 Å². The van der Waals surface area contributed by atoms with Crippen molar-refractivity contribution < 1.29 is 4.79 Å². The number of H-pyrrole nitrogens is 1. The number of aromatic amines is 1. The normalized spacial score (nSPS) is 13.4. The molecule has 1 aliphatic rings. The Morgan fingerprint density at radius 1 is 1.52 bits per heavy atom. The number of amides is 1. The Morgan fingerprint density at radius 3 is 3.00 bits per heavy atom. The van der Waals surface area contributed by atoms with Gasteiger partial charge in [0.2, 0.25) is 0 Å². The fourth-order valence-electron chi connectivity index (χ4n) is 2.36. The van der Waals surface area contributed by atoms with Gasteiger partial charge in [-0.2, -0.15) is 5.10 Å². The lowest BCUT2D eigenvalue weighted by atomic mass is 10.1. The van der Waals surface area contributed by atoms with Crippen LogP contribution in [-0.2, 0) is 13.0 Å². The van der Waals surface area contributed by atoms with Crippen molar-refractivity contribution >= 4 is 34.8 Å². The highest BCUT2D eigenvalue weighted by atomic mass is 35.5. The van der Waals surface area contributed by atoms with E-state index in [1.54, 1.807) is 4.90 Å². The second kappa shape index (κ2) is 6.55. The SMILES string of the molecule is CCN(C(=O)c1n[nH]c2c1CNCC2)c1nc(C)cs1.Cl. The van der Waals surface area contributed by atoms with Crippen molar-refractivity contribution in [2.24, 2.45) is 0 Å². The molecule has 21 heavy (non-hydrogen) atoms. The predicted molar refractivity (Wildman–Crippen MR) is 85.4 cm³/mol. The van der Waals surface area contributed by atoms with E-state index in [4.69, 9.17) is 0 Å². The Labute approximate surface area is 133 Å². The highest BCUT2D eigenvalue weighted by Crippen LogP contribution is 2.24. The molecule has 0 aromatic carbocycles. The smallest absolute Gasteiger partial charge is 0.280 e. The van der Waals surface area contributed by atoms with Crippen LogP contribution >= 0.6 is 23.7 Å². The zero-order valence-electron chi connectivity index (χ0n) is 12.0. The van der Waals surface area contributed by atoms with Crippen LogP contribution in [0.3, 0.4) is 0 Å². The van der Waals surface area contributed by atoms with E-state index < -0.39 is 0 Å². The molecule has 0 atom stereocenters. The molecule has 2 N–H and O–H groups in total. The van der Waals surface area contributed by atoms with Crippen LogP contribution in [0.25, 0.3) is 0 Å². The van der Waals surface area contributed by atoms with E-state index in [9.17, 15) is 4.79 Å². The summed E-state index contributed by atoms with van der Waals surface area (Å²) in [6.45, 7) is 6.08. The highest BCUT2D eigenvalue weighted by Gasteiger charge is 2.26. The molecular formula is C13H18ClN5OS. The first kappa shape index (κ1) is 15.9. The van der Waals surface area contributed by atoms with Gasteiger partial charge in [-0.3, -0.25) is 14.8 Å². The average Bonchev–Trinajstić information content (AvgIpc) is 3.06. The molecule has 3 rings (SSSR count). The second-order valence-corrected chi connectivity index (χ2v) is 5.61. The summed E-state index contributed by atoms with van der Waals surface area (Å²) < 4.78 is 0. The maximum Gasteiger partial charge on any atom is 0.280 e. The van der Waals surface area contributed by atoms with Crippen molar-refractivity contribution in [3.8, 4) is 0 Å². The number of rotatable bonds is 3. The second-order valence-electron chi connectivity index (χ2n) is 4.78. The molecule has 6 nitrogen and oxygen atoms in total. The molecule has 0 fully saturated rings. The molecule has 0 bridgehead atoms. The third kappa shape index (κ3) is 2.95. The van der Waals surface area contributed by atoms with E-state index in [0.717, 1.165) is 35.0 Å². The predicted octanol–water partition coefficient (Wildman–Crippen LogP) is 1.91. The van der Waals surface area contributed by atoms with Crippen LogP contribution in [0.5, 0.6) is 0 Å². The Morgan fingerprint density at radius 2 is 2.33 bits per heavy atom. The summed E-state index contributed by atoms with van der Waals surface area (Å²) in [5.74, 6) is -0.0805. The van der Waals surface area contributed by atoms with E-state index in [-0.39, 0.29) is 18.3 Å². The average molecular weight is 328 g/mol. The van der Waals surface area contributed by atoms with Crippen LogP contribution < -0.4 is 10.2 Å². The minimum absolute atomic E-state index is 0. The number of hydrogen-bond acceptors (Lipinski definition) is 5. The topological polar surface area (TPSA) is 73.9 Å². The van der Waals surface area contributed by atoms with Gasteiger partial charge in [-0.25, -0.2) is 4.98 Å². The van der Waals surface area contributed by atoms with Gasteiger partial charge < -0.3 is 5.32 Å². The summed E-state index contributed by atoms with van der Waals surface area (Å²) in [6, 6.07) is 0. The van der Waals surface area contributed by atoms with Gasteiger partial charge in [-0.05, 0) is 13.8 Å². The van der Waals surface area contributed by atoms with Gasteiger partial charge in [0.15, 0.2) is 10.8 Å². The largest absolute Gasteiger partial charge is 0.312 e. The number of anilines is 1. The maximum absolute atomic E-state index is 12.7. The van der Waals surface area contributed by atoms with Crippen molar-refractivity contribution in [2.45, 2.75) is 26.8 Å². The quantitative estimate of drug-likeness (QED) is 0.903. The third-order valence-corrected chi connectivity index (χ3v) is 4.39.